The van der Waals surface area contributed by atoms with Crippen molar-refractivity contribution in [3.63, 3.8) is 0 Å². The Bertz CT molecular complexity index is 201. The second-order valence-electron chi connectivity index (χ2n) is 4.20. The standard InChI is InChI=1S/C9H17NO2/c1-8(2)5-4-6-9(8,10-3)7(11)12/h10H,4-6H2,1-3H3,(H,11,12). The van der Waals surface area contributed by atoms with Crippen molar-refractivity contribution in [1.29, 1.82) is 0 Å². The molecule has 1 aliphatic carbocycles. The molecule has 0 heterocycles. The number of carboxylic acid groups (broad SMARTS) is 1. The molecule has 0 amide bonds. The summed E-state index contributed by atoms with van der Waals surface area (Å²) in [5, 5.41) is 12.1. The van der Waals surface area contributed by atoms with E-state index in [0.29, 0.717) is 0 Å². The maximum Gasteiger partial charge on any atom is 0.324 e. The number of rotatable bonds is 2. The smallest absolute Gasteiger partial charge is 0.324 e. The molecule has 0 aromatic carbocycles. The Hall–Kier alpha value is -0.570. The Morgan fingerprint density at radius 3 is 2.17 bits per heavy atom. The summed E-state index contributed by atoms with van der Waals surface area (Å²) < 4.78 is 0. The molecule has 2 N–H and O–H groups in total. The molecule has 0 radical (unpaired) electrons. The number of carbonyl (C=O) groups is 1. The van der Waals surface area contributed by atoms with Crippen LogP contribution in [-0.2, 0) is 4.79 Å². The zero-order chi connectivity index (χ0) is 9.41. The molecule has 0 bridgehead atoms. The number of likely N-dealkylation sites (N-methyl/N-ethyl adjacent to an activating group) is 1. The monoisotopic (exact) mass is 171 g/mol. The van der Waals surface area contributed by atoms with Gasteiger partial charge in [-0.3, -0.25) is 4.79 Å². The fraction of sp³-hybridized carbons (Fsp3) is 0.889. The second-order valence-corrected chi connectivity index (χ2v) is 4.20. The third-order valence-electron chi connectivity index (χ3n) is 3.30. The van der Waals surface area contributed by atoms with E-state index in [4.69, 9.17) is 5.11 Å². The lowest BCUT2D eigenvalue weighted by molar-refractivity contribution is -0.148. The first kappa shape index (κ1) is 9.52. The number of aliphatic carboxylic acids is 1. The maximum atomic E-state index is 11.1. The van der Waals surface area contributed by atoms with Crippen LogP contribution in [0.5, 0.6) is 0 Å². The third kappa shape index (κ3) is 1.04. The molecular weight excluding hydrogens is 154 g/mol. The first-order chi connectivity index (χ1) is 5.46. The molecule has 0 aromatic heterocycles. The third-order valence-corrected chi connectivity index (χ3v) is 3.30. The summed E-state index contributed by atoms with van der Waals surface area (Å²) in [5.41, 5.74) is -0.833. The summed E-state index contributed by atoms with van der Waals surface area (Å²) in [6, 6.07) is 0. The molecule has 1 aliphatic rings. The highest BCUT2D eigenvalue weighted by Crippen LogP contribution is 2.45. The first-order valence-electron chi connectivity index (χ1n) is 4.38. The van der Waals surface area contributed by atoms with Crippen molar-refractivity contribution in [1.82, 2.24) is 5.32 Å². The second kappa shape index (κ2) is 2.73. The van der Waals surface area contributed by atoms with Crippen molar-refractivity contribution >= 4 is 5.97 Å². The molecule has 1 saturated carbocycles. The van der Waals surface area contributed by atoms with Crippen LogP contribution in [0.4, 0.5) is 0 Å². The average molecular weight is 171 g/mol. The summed E-state index contributed by atoms with van der Waals surface area (Å²) in [7, 11) is 1.74. The van der Waals surface area contributed by atoms with Gasteiger partial charge in [0, 0.05) is 0 Å². The number of carboxylic acids is 1. The van der Waals surface area contributed by atoms with Gasteiger partial charge in [0.05, 0.1) is 0 Å². The van der Waals surface area contributed by atoms with Gasteiger partial charge in [0.25, 0.3) is 0 Å². The van der Waals surface area contributed by atoms with E-state index < -0.39 is 11.5 Å². The van der Waals surface area contributed by atoms with Gasteiger partial charge in [0.15, 0.2) is 0 Å². The summed E-state index contributed by atoms with van der Waals surface area (Å²) in [6.45, 7) is 4.04. The molecular formula is C9H17NO2. The van der Waals surface area contributed by atoms with Crippen LogP contribution in [0.3, 0.4) is 0 Å². The largest absolute Gasteiger partial charge is 0.480 e. The zero-order valence-electron chi connectivity index (χ0n) is 7.98. The topological polar surface area (TPSA) is 49.3 Å². The molecule has 12 heavy (non-hydrogen) atoms. The van der Waals surface area contributed by atoms with E-state index in [-0.39, 0.29) is 5.41 Å². The lowest BCUT2D eigenvalue weighted by atomic mass is 9.75. The molecule has 1 atom stereocenters. The van der Waals surface area contributed by atoms with Gasteiger partial charge >= 0.3 is 5.97 Å². The van der Waals surface area contributed by atoms with Gasteiger partial charge in [-0.15, -0.1) is 0 Å². The highest BCUT2D eigenvalue weighted by Gasteiger charge is 2.53. The number of hydrogen-bond donors (Lipinski definition) is 2. The van der Waals surface area contributed by atoms with Crippen LogP contribution in [0.15, 0.2) is 0 Å². The van der Waals surface area contributed by atoms with Crippen LogP contribution in [-0.4, -0.2) is 23.7 Å². The fourth-order valence-electron chi connectivity index (χ4n) is 2.31. The van der Waals surface area contributed by atoms with E-state index in [1.165, 1.54) is 0 Å². The fourth-order valence-corrected chi connectivity index (χ4v) is 2.31. The summed E-state index contributed by atoms with van der Waals surface area (Å²) >= 11 is 0. The molecule has 70 valence electrons. The highest BCUT2D eigenvalue weighted by molar-refractivity contribution is 5.80. The van der Waals surface area contributed by atoms with Gasteiger partial charge < -0.3 is 10.4 Å². The minimum Gasteiger partial charge on any atom is -0.480 e. The van der Waals surface area contributed by atoms with Crippen LogP contribution in [0.2, 0.25) is 0 Å². The van der Waals surface area contributed by atoms with Crippen molar-refractivity contribution in [2.75, 3.05) is 7.05 Å². The summed E-state index contributed by atoms with van der Waals surface area (Å²) in [6.07, 6.45) is 2.73. The van der Waals surface area contributed by atoms with E-state index in [1.54, 1.807) is 7.05 Å². The minimum atomic E-state index is -0.715. The molecule has 1 fully saturated rings. The molecule has 0 saturated heterocycles. The Labute approximate surface area is 73.2 Å². The normalized spacial score (nSPS) is 33.6. The molecule has 0 aromatic rings. The number of hydrogen-bond acceptors (Lipinski definition) is 2. The van der Waals surface area contributed by atoms with Crippen LogP contribution < -0.4 is 5.32 Å². The molecule has 3 nitrogen and oxygen atoms in total. The van der Waals surface area contributed by atoms with Crippen molar-refractivity contribution in [3.05, 3.63) is 0 Å². The van der Waals surface area contributed by atoms with Crippen molar-refractivity contribution < 1.29 is 9.90 Å². The van der Waals surface area contributed by atoms with E-state index in [0.717, 1.165) is 19.3 Å². The predicted molar refractivity (Wildman–Crippen MR) is 47.1 cm³/mol. The Kier molecular flexibility index (Phi) is 2.17. The maximum absolute atomic E-state index is 11.1. The van der Waals surface area contributed by atoms with Crippen molar-refractivity contribution in [2.45, 2.75) is 38.6 Å². The highest BCUT2D eigenvalue weighted by atomic mass is 16.4. The molecule has 3 heteroatoms. The molecule has 0 aliphatic heterocycles. The van der Waals surface area contributed by atoms with Crippen LogP contribution in [0.25, 0.3) is 0 Å². The number of nitrogens with one attached hydrogen (secondary N) is 1. The van der Waals surface area contributed by atoms with E-state index >= 15 is 0 Å². The summed E-state index contributed by atoms with van der Waals surface area (Å²) in [5.74, 6) is -0.715. The van der Waals surface area contributed by atoms with E-state index in [2.05, 4.69) is 5.32 Å². The van der Waals surface area contributed by atoms with E-state index in [9.17, 15) is 4.79 Å². The van der Waals surface area contributed by atoms with Gasteiger partial charge in [-0.05, 0) is 25.3 Å². The molecule has 0 spiro atoms. The zero-order valence-corrected chi connectivity index (χ0v) is 7.98. The van der Waals surface area contributed by atoms with Crippen LogP contribution in [0.1, 0.15) is 33.1 Å². The lowest BCUT2D eigenvalue weighted by Crippen LogP contribution is -2.57. The van der Waals surface area contributed by atoms with Crippen LogP contribution in [0, 0.1) is 5.41 Å². The Morgan fingerprint density at radius 1 is 1.42 bits per heavy atom. The quantitative estimate of drug-likeness (QED) is 0.657. The van der Waals surface area contributed by atoms with Gasteiger partial charge in [-0.25, -0.2) is 0 Å². The Balaban J connectivity index is 3.00. The predicted octanol–water partition coefficient (Wildman–Crippen LogP) is 1.24. The van der Waals surface area contributed by atoms with Crippen molar-refractivity contribution in [3.8, 4) is 0 Å². The summed E-state index contributed by atoms with van der Waals surface area (Å²) in [4.78, 5) is 11.1. The van der Waals surface area contributed by atoms with Gasteiger partial charge in [-0.1, -0.05) is 20.3 Å². The van der Waals surface area contributed by atoms with Crippen molar-refractivity contribution in [2.24, 2.45) is 5.41 Å². The SMILES string of the molecule is CNC1(C(=O)O)CCCC1(C)C. The average Bonchev–Trinajstić information content (AvgIpc) is 2.25. The first-order valence-corrected chi connectivity index (χ1v) is 4.38. The van der Waals surface area contributed by atoms with Gasteiger partial charge in [-0.2, -0.15) is 0 Å². The van der Waals surface area contributed by atoms with Crippen LogP contribution >= 0.6 is 0 Å². The minimum absolute atomic E-state index is 0.131. The lowest BCUT2D eigenvalue weighted by Gasteiger charge is -2.37. The van der Waals surface area contributed by atoms with E-state index in [1.807, 2.05) is 13.8 Å². The Morgan fingerprint density at radius 2 is 2.00 bits per heavy atom. The molecule has 1 rings (SSSR count). The molecule has 1 unspecified atom stereocenters. The van der Waals surface area contributed by atoms with Gasteiger partial charge in [0.2, 0.25) is 0 Å². The van der Waals surface area contributed by atoms with Gasteiger partial charge in [0.1, 0.15) is 5.54 Å².